The summed E-state index contributed by atoms with van der Waals surface area (Å²) in [5.41, 5.74) is 5.11. The molecule has 1 amide bonds. The van der Waals surface area contributed by atoms with Gasteiger partial charge in [-0.25, -0.2) is 14.8 Å². The zero-order valence-electron chi connectivity index (χ0n) is 26.2. The minimum atomic E-state index is -0.517. The summed E-state index contributed by atoms with van der Waals surface area (Å²) in [6.07, 6.45) is 4.31. The molecular weight excluding hydrogens is 560 g/mol. The van der Waals surface area contributed by atoms with E-state index < -0.39 is 5.60 Å². The van der Waals surface area contributed by atoms with Gasteiger partial charge in [-0.3, -0.25) is 0 Å². The number of benzene rings is 1. The van der Waals surface area contributed by atoms with Crippen molar-refractivity contribution < 1.29 is 19.0 Å². The summed E-state index contributed by atoms with van der Waals surface area (Å²) in [5, 5.41) is 10.1. The van der Waals surface area contributed by atoms with Crippen LogP contribution in [0.2, 0.25) is 0 Å². The SMILES string of the molecule is COCOc1ccccc1-c1cc2c3c([nH]c2nn1)CCN(c1ncc(N2CCN(C(=O)OC(C)(C)C)[C@H](C)C2)cn1)[C@@H]3C. The number of ether oxygens (including phenoxy) is 3. The van der Waals surface area contributed by atoms with E-state index in [1.54, 1.807) is 12.0 Å². The van der Waals surface area contributed by atoms with Crippen LogP contribution in [0.4, 0.5) is 16.4 Å². The van der Waals surface area contributed by atoms with Gasteiger partial charge in [0.15, 0.2) is 12.4 Å². The van der Waals surface area contributed by atoms with Gasteiger partial charge in [-0.2, -0.15) is 0 Å². The number of carbonyl (C=O) groups excluding carboxylic acids is 1. The van der Waals surface area contributed by atoms with Gasteiger partial charge in [0.05, 0.1) is 29.8 Å². The Balaban J connectivity index is 1.20. The highest BCUT2D eigenvalue weighted by Crippen LogP contribution is 2.38. The Morgan fingerprint density at radius 2 is 1.84 bits per heavy atom. The average molecular weight is 601 g/mol. The van der Waals surface area contributed by atoms with Crippen molar-refractivity contribution in [1.29, 1.82) is 0 Å². The number of aromatic amines is 1. The molecule has 6 rings (SSSR count). The van der Waals surface area contributed by atoms with Crippen LogP contribution in [0.15, 0.2) is 42.7 Å². The molecule has 1 fully saturated rings. The highest BCUT2D eigenvalue weighted by atomic mass is 16.7. The lowest BCUT2D eigenvalue weighted by atomic mass is 9.97. The standard InChI is InChI=1S/C32H40N8O4/c1-20-18-38(13-14-39(20)31(41)44-32(3,4)5)22-16-33-30(34-17-22)40-12-11-25-28(21(40)2)24-15-26(36-37-29(24)35-25)23-9-7-8-10-27(23)43-19-42-6/h7-10,15-17,20-21H,11-14,18-19H2,1-6H3,(H,35,37)/t20-,21-/m1/s1. The molecule has 1 saturated heterocycles. The molecule has 2 atom stereocenters. The predicted molar refractivity (Wildman–Crippen MR) is 168 cm³/mol. The molecule has 1 aromatic carbocycles. The number of anilines is 2. The van der Waals surface area contributed by atoms with Gasteiger partial charge in [-0.15, -0.1) is 10.2 Å². The molecule has 4 aromatic rings. The number of fused-ring (bicyclic) bond motifs is 3. The number of hydrogen-bond acceptors (Lipinski definition) is 10. The van der Waals surface area contributed by atoms with E-state index in [2.05, 4.69) is 38.0 Å². The molecule has 0 saturated carbocycles. The Labute approximate surface area is 257 Å². The van der Waals surface area contributed by atoms with Crippen molar-refractivity contribution in [2.75, 3.05) is 49.9 Å². The first kappa shape index (κ1) is 29.6. The Hall–Kier alpha value is -4.45. The summed E-state index contributed by atoms with van der Waals surface area (Å²) in [7, 11) is 1.60. The number of hydrogen-bond donors (Lipinski definition) is 1. The number of para-hydroxylation sites is 1. The van der Waals surface area contributed by atoms with Gasteiger partial charge in [0.2, 0.25) is 5.95 Å². The van der Waals surface area contributed by atoms with Crippen molar-refractivity contribution in [3.8, 4) is 17.0 Å². The second-order valence-corrected chi connectivity index (χ2v) is 12.4. The first-order valence-electron chi connectivity index (χ1n) is 15.1. The van der Waals surface area contributed by atoms with Crippen LogP contribution >= 0.6 is 0 Å². The van der Waals surface area contributed by atoms with E-state index in [0.717, 1.165) is 46.6 Å². The second-order valence-electron chi connectivity index (χ2n) is 12.4. The van der Waals surface area contributed by atoms with E-state index in [1.807, 2.05) is 64.4 Å². The maximum Gasteiger partial charge on any atom is 0.410 e. The Bertz CT molecular complexity index is 1630. The molecule has 2 aliphatic rings. The van der Waals surface area contributed by atoms with Crippen LogP contribution in [0, 0.1) is 0 Å². The molecule has 1 N–H and O–H groups in total. The zero-order valence-corrected chi connectivity index (χ0v) is 26.2. The molecule has 2 aliphatic heterocycles. The summed E-state index contributed by atoms with van der Waals surface area (Å²) in [6, 6.07) is 9.87. The average Bonchev–Trinajstić information content (AvgIpc) is 3.38. The van der Waals surface area contributed by atoms with Crippen LogP contribution in [-0.4, -0.2) is 87.9 Å². The quantitative estimate of drug-likeness (QED) is 0.304. The van der Waals surface area contributed by atoms with E-state index in [-0.39, 0.29) is 25.0 Å². The topological polar surface area (TPSA) is 122 Å². The number of aromatic nitrogens is 5. The molecular formula is C32H40N8O4. The van der Waals surface area contributed by atoms with E-state index in [9.17, 15) is 4.79 Å². The highest BCUT2D eigenvalue weighted by molar-refractivity contribution is 5.86. The van der Waals surface area contributed by atoms with Crippen LogP contribution in [0.1, 0.15) is 51.9 Å². The van der Waals surface area contributed by atoms with Crippen molar-refractivity contribution in [2.45, 2.75) is 58.7 Å². The number of nitrogens with zero attached hydrogens (tertiary/aromatic N) is 7. The molecule has 3 aromatic heterocycles. The summed E-state index contributed by atoms with van der Waals surface area (Å²) >= 11 is 0. The van der Waals surface area contributed by atoms with Crippen LogP contribution in [-0.2, 0) is 15.9 Å². The highest BCUT2D eigenvalue weighted by Gasteiger charge is 2.33. The Morgan fingerprint density at radius 3 is 2.57 bits per heavy atom. The number of H-pyrrole nitrogens is 1. The maximum atomic E-state index is 12.6. The molecule has 12 heteroatoms. The van der Waals surface area contributed by atoms with Crippen LogP contribution in [0.5, 0.6) is 5.75 Å². The van der Waals surface area contributed by atoms with Gasteiger partial charge in [-0.05, 0) is 52.8 Å². The Morgan fingerprint density at radius 1 is 1.07 bits per heavy atom. The first-order chi connectivity index (χ1) is 21.1. The second kappa shape index (κ2) is 11.9. The lowest BCUT2D eigenvalue weighted by molar-refractivity contribution is 0.0159. The maximum absolute atomic E-state index is 12.6. The molecule has 232 valence electrons. The van der Waals surface area contributed by atoms with Crippen molar-refractivity contribution in [3.05, 3.63) is 54.0 Å². The van der Waals surface area contributed by atoms with Crippen LogP contribution in [0.3, 0.4) is 0 Å². The molecule has 12 nitrogen and oxygen atoms in total. The van der Waals surface area contributed by atoms with Gasteiger partial charge >= 0.3 is 6.09 Å². The number of piperazine rings is 1. The van der Waals surface area contributed by atoms with Crippen LogP contribution in [0.25, 0.3) is 22.3 Å². The van der Waals surface area contributed by atoms with E-state index in [1.165, 1.54) is 5.56 Å². The fraction of sp³-hybridized carbons (Fsp3) is 0.469. The lowest BCUT2D eigenvalue weighted by Crippen LogP contribution is -2.55. The van der Waals surface area contributed by atoms with Crippen molar-refractivity contribution in [2.24, 2.45) is 0 Å². The monoisotopic (exact) mass is 600 g/mol. The van der Waals surface area contributed by atoms with Gasteiger partial charge in [0.1, 0.15) is 11.4 Å². The first-order valence-corrected chi connectivity index (χ1v) is 15.1. The number of methoxy groups -OCH3 is 1. The molecule has 0 radical (unpaired) electrons. The number of carbonyl (C=O) groups is 1. The minimum Gasteiger partial charge on any atom is -0.467 e. The third-order valence-corrected chi connectivity index (χ3v) is 8.16. The summed E-state index contributed by atoms with van der Waals surface area (Å²) < 4.78 is 16.5. The number of nitrogens with one attached hydrogen (secondary N) is 1. The van der Waals surface area contributed by atoms with Gasteiger partial charge in [0.25, 0.3) is 0 Å². The fourth-order valence-corrected chi connectivity index (χ4v) is 6.06. The molecule has 0 bridgehead atoms. The minimum absolute atomic E-state index is 0.00665. The van der Waals surface area contributed by atoms with E-state index >= 15 is 0 Å². The molecule has 5 heterocycles. The molecule has 44 heavy (non-hydrogen) atoms. The lowest BCUT2D eigenvalue weighted by Gasteiger charge is -2.41. The molecule has 0 unspecified atom stereocenters. The van der Waals surface area contributed by atoms with Crippen LogP contribution < -0.4 is 14.5 Å². The third kappa shape index (κ3) is 5.86. The predicted octanol–water partition coefficient (Wildman–Crippen LogP) is 4.97. The molecule has 0 spiro atoms. The number of rotatable bonds is 6. The van der Waals surface area contributed by atoms with E-state index in [4.69, 9.17) is 24.2 Å². The normalized spacial score (nSPS) is 18.8. The smallest absolute Gasteiger partial charge is 0.410 e. The van der Waals surface area contributed by atoms with Gasteiger partial charge in [-0.1, -0.05) is 12.1 Å². The summed E-state index contributed by atoms with van der Waals surface area (Å²) in [4.78, 5) is 32.0. The van der Waals surface area contributed by atoms with Gasteiger partial charge in [0, 0.05) is 68.0 Å². The zero-order chi connectivity index (χ0) is 31.0. The number of amides is 1. The fourth-order valence-electron chi connectivity index (χ4n) is 6.06. The Kier molecular flexibility index (Phi) is 8.02. The summed E-state index contributed by atoms with van der Waals surface area (Å²) in [6.45, 7) is 12.8. The summed E-state index contributed by atoms with van der Waals surface area (Å²) in [5.74, 6) is 1.37. The van der Waals surface area contributed by atoms with Gasteiger partial charge < -0.3 is 33.9 Å². The van der Waals surface area contributed by atoms with Crippen molar-refractivity contribution in [3.63, 3.8) is 0 Å². The molecule has 0 aliphatic carbocycles. The largest absolute Gasteiger partial charge is 0.467 e. The van der Waals surface area contributed by atoms with E-state index in [0.29, 0.717) is 31.3 Å². The van der Waals surface area contributed by atoms with Crippen molar-refractivity contribution >= 4 is 28.8 Å². The van der Waals surface area contributed by atoms with Crippen molar-refractivity contribution in [1.82, 2.24) is 30.0 Å². The third-order valence-electron chi connectivity index (χ3n) is 8.16.